The van der Waals surface area contributed by atoms with Gasteiger partial charge in [0.05, 0.1) is 6.42 Å². The van der Waals surface area contributed by atoms with E-state index in [-0.39, 0.29) is 23.2 Å². The van der Waals surface area contributed by atoms with Crippen molar-refractivity contribution in [3.63, 3.8) is 0 Å². The zero-order valence-corrected chi connectivity index (χ0v) is 9.15. The Morgan fingerprint density at radius 2 is 2.12 bits per heavy atom. The second-order valence-corrected chi connectivity index (χ2v) is 3.86. The number of aliphatic carboxylic acids is 1. The molecule has 1 heterocycles. The van der Waals surface area contributed by atoms with Crippen LogP contribution >= 0.6 is 0 Å². The third-order valence-electron chi connectivity index (χ3n) is 2.62. The Morgan fingerprint density at radius 3 is 2.76 bits per heavy atom. The zero-order chi connectivity index (χ0) is 12.6. The standard InChI is InChI=1S/C12H11NO4/c1-6-8(5-11(15)16)12(17)9-4-7(14)2-3-10(9)13-6/h2-4,14H,5H2,1H3,(H,13,17)(H,15,16). The summed E-state index contributed by atoms with van der Waals surface area (Å²) >= 11 is 0. The van der Waals surface area contributed by atoms with Crippen molar-refractivity contribution in [2.75, 3.05) is 0 Å². The summed E-state index contributed by atoms with van der Waals surface area (Å²) in [6.07, 6.45) is -0.327. The first-order valence-electron chi connectivity index (χ1n) is 5.05. The van der Waals surface area contributed by atoms with Crippen LogP contribution in [0.5, 0.6) is 5.75 Å². The van der Waals surface area contributed by atoms with E-state index in [9.17, 15) is 14.7 Å². The lowest BCUT2D eigenvalue weighted by atomic mass is 10.1. The van der Waals surface area contributed by atoms with Gasteiger partial charge in [0.1, 0.15) is 5.75 Å². The second kappa shape index (κ2) is 3.93. The Balaban J connectivity index is 2.78. The number of rotatable bonds is 2. The molecule has 0 bridgehead atoms. The van der Waals surface area contributed by atoms with Crippen LogP contribution in [-0.4, -0.2) is 21.2 Å². The number of H-pyrrole nitrogens is 1. The van der Waals surface area contributed by atoms with Crippen LogP contribution < -0.4 is 5.43 Å². The van der Waals surface area contributed by atoms with E-state index >= 15 is 0 Å². The Kier molecular flexibility index (Phi) is 2.59. The van der Waals surface area contributed by atoms with Gasteiger partial charge in [-0.3, -0.25) is 9.59 Å². The number of aromatic amines is 1. The quantitative estimate of drug-likeness (QED) is 0.726. The lowest BCUT2D eigenvalue weighted by molar-refractivity contribution is -0.136. The van der Waals surface area contributed by atoms with E-state index in [1.807, 2.05) is 0 Å². The molecule has 5 nitrogen and oxygen atoms in total. The third kappa shape index (κ3) is 1.99. The first kappa shape index (κ1) is 11.2. The molecule has 88 valence electrons. The van der Waals surface area contributed by atoms with Crippen LogP contribution in [0, 0.1) is 6.92 Å². The Bertz CT molecular complexity index is 657. The summed E-state index contributed by atoms with van der Waals surface area (Å²) in [5.74, 6) is -1.08. The molecular weight excluding hydrogens is 222 g/mol. The van der Waals surface area contributed by atoms with Crippen molar-refractivity contribution >= 4 is 16.9 Å². The lowest BCUT2D eigenvalue weighted by Crippen LogP contribution is -2.17. The van der Waals surface area contributed by atoms with Crippen molar-refractivity contribution < 1.29 is 15.0 Å². The minimum absolute atomic E-state index is 0.0203. The highest BCUT2D eigenvalue weighted by Crippen LogP contribution is 2.17. The molecule has 1 aromatic heterocycles. The SMILES string of the molecule is Cc1[nH]c2ccc(O)cc2c(=O)c1CC(=O)O. The van der Waals surface area contributed by atoms with Crippen molar-refractivity contribution in [1.82, 2.24) is 4.98 Å². The molecule has 0 saturated heterocycles. The zero-order valence-electron chi connectivity index (χ0n) is 9.15. The summed E-state index contributed by atoms with van der Waals surface area (Å²) in [5, 5.41) is 18.4. The minimum Gasteiger partial charge on any atom is -0.508 e. The number of benzene rings is 1. The fraction of sp³-hybridized carbons (Fsp3) is 0.167. The normalized spacial score (nSPS) is 10.6. The lowest BCUT2D eigenvalue weighted by Gasteiger charge is -2.06. The van der Waals surface area contributed by atoms with E-state index in [0.29, 0.717) is 16.6 Å². The van der Waals surface area contributed by atoms with Crippen molar-refractivity contribution in [2.45, 2.75) is 13.3 Å². The predicted octanol–water partition coefficient (Wildman–Crippen LogP) is 1.17. The minimum atomic E-state index is -1.06. The van der Waals surface area contributed by atoms with E-state index in [2.05, 4.69) is 4.98 Å². The van der Waals surface area contributed by atoms with E-state index in [1.54, 1.807) is 13.0 Å². The second-order valence-electron chi connectivity index (χ2n) is 3.86. The highest BCUT2D eigenvalue weighted by Gasteiger charge is 2.12. The van der Waals surface area contributed by atoms with Gasteiger partial charge in [-0.15, -0.1) is 0 Å². The van der Waals surface area contributed by atoms with Gasteiger partial charge in [0.15, 0.2) is 5.43 Å². The largest absolute Gasteiger partial charge is 0.508 e. The van der Waals surface area contributed by atoms with Crippen molar-refractivity contribution in [1.29, 1.82) is 0 Å². The molecule has 0 spiro atoms. The van der Waals surface area contributed by atoms with Crippen LogP contribution in [0.3, 0.4) is 0 Å². The van der Waals surface area contributed by atoms with E-state index in [0.717, 1.165) is 0 Å². The van der Waals surface area contributed by atoms with Gasteiger partial charge in [-0.1, -0.05) is 0 Å². The van der Waals surface area contributed by atoms with Crippen LogP contribution in [0.4, 0.5) is 0 Å². The van der Waals surface area contributed by atoms with Gasteiger partial charge in [-0.25, -0.2) is 0 Å². The number of hydrogen-bond donors (Lipinski definition) is 3. The maximum absolute atomic E-state index is 12.0. The molecule has 0 aliphatic carbocycles. The van der Waals surface area contributed by atoms with Crippen LogP contribution in [0.1, 0.15) is 11.3 Å². The average Bonchev–Trinajstić information content (AvgIpc) is 2.25. The van der Waals surface area contributed by atoms with Crippen molar-refractivity contribution in [3.05, 3.63) is 39.7 Å². The summed E-state index contributed by atoms with van der Waals surface area (Å²) < 4.78 is 0. The van der Waals surface area contributed by atoms with Gasteiger partial charge in [0, 0.05) is 22.2 Å². The smallest absolute Gasteiger partial charge is 0.308 e. The third-order valence-corrected chi connectivity index (χ3v) is 2.62. The Morgan fingerprint density at radius 1 is 1.41 bits per heavy atom. The van der Waals surface area contributed by atoms with Gasteiger partial charge < -0.3 is 15.2 Å². The number of aromatic nitrogens is 1. The number of hydrogen-bond acceptors (Lipinski definition) is 3. The van der Waals surface area contributed by atoms with Crippen molar-refractivity contribution in [3.8, 4) is 5.75 Å². The number of carbonyl (C=O) groups is 1. The van der Waals surface area contributed by atoms with Gasteiger partial charge in [-0.05, 0) is 25.1 Å². The molecule has 2 aromatic rings. The number of phenols is 1. The van der Waals surface area contributed by atoms with Crippen LogP contribution in [0.25, 0.3) is 10.9 Å². The number of aromatic hydroxyl groups is 1. The Hall–Kier alpha value is -2.30. The number of aryl methyl sites for hydroxylation is 1. The number of pyridine rings is 1. The summed E-state index contributed by atoms with van der Waals surface area (Å²) in [4.78, 5) is 25.7. The number of nitrogens with one attached hydrogen (secondary N) is 1. The maximum atomic E-state index is 12.0. The molecule has 5 heteroatoms. The molecule has 1 aromatic carbocycles. The summed E-state index contributed by atoms with van der Waals surface area (Å²) in [5.41, 5.74) is 0.986. The van der Waals surface area contributed by atoms with Crippen LogP contribution in [0.15, 0.2) is 23.0 Å². The average molecular weight is 233 g/mol. The first-order valence-corrected chi connectivity index (χ1v) is 5.05. The molecule has 0 aliphatic heterocycles. The van der Waals surface area contributed by atoms with Crippen molar-refractivity contribution in [2.24, 2.45) is 0 Å². The molecule has 0 saturated carbocycles. The summed E-state index contributed by atoms with van der Waals surface area (Å²) in [6, 6.07) is 4.39. The highest BCUT2D eigenvalue weighted by molar-refractivity contribution is 5.82. The van der Waals surface area contributed by atoms with E-state index in [1.165, 1.54) is 12.1 Å². The number of fused-ring (bicyclic) bond motifs is 1. The predicted molar refractivity (Wildman–Crippen MR) is 62.3 cm³/mol. The summed E-state index contributed by atoms with van der Waals surface area (Å²) in [7, 11) is 0. The molecule has 0 aliphatic rings. The van der Waals surface area contributed by atoms with E-state index in [4.69, 9.17) is 5.11 Å². The number of phenolic OH excluding ortho intramolecular Hbond substituents is 1. The topological polar surface area (TPSA) is 90.4 Å². The molecule has 0 radical (unpaired) electrons. The van der Waals surface area contributed by atoms with Crippen LogP contribution in [0.2, 0.25) is 0 Å². The molecule has 0 amide bonds. The summed E-state index contributed by atoms with van der Waals surface area (Å²) in [6.45, 7) is 1.66. The molecule has 0 atom stereocenters. The van der Waals surface area contributed by atoms with Gasteiger partial charge in [0.2, 0.25) is 0 Å². The Labute approximate surface area is 96.3 Å². The molecule has 2 rings (SSSR count). The number of carboxylic acids is 1. The monoisotopic (exact) mass is 233 g/mol. The first-order chi connectivity index (χ1) is 7.99. The molecular formula is C12H11NO4. The maximum Gasteiger partial charge on any atom is 0.308 e. The van der Waals surface area contributed by atoms with Gasteiger partial charge in [0.25, 0.3) is 0 Å². The van der Waals surface area contributed by atoms with Crippen LogP contribution in [-0.2, 0) is 11.2 Å². The molecule has 3 N–H and O–H groups in total. The highest BCUT2D eigenvalue weighted by atomic mass is 16.4. The number of carboxylic acid groups (broad SMARTS) is 1. The fourth-order valence-electron chi connectivity index (χ4n) is 1.80. The van der Waals surface area contributed by atoms with Gasteiger partial charge in [-0.2, -0.15) is 0 Å². The molecule has 17 heavy (non-hydrogen) atoms. The molecule has 0 unspecified atom stereocenters. The fourth-order valence-corrected chi connectivity index (χ4v) is 1.80. The van der Waals surface area contributed by atoms with Gasteiger partial charge >= 0.3 is 5.97 Å². The van der Waals surface area contributed by atoms with E-state index < -0.39 is 5.97 Å². The molecule has 0 fully saturated rings.